The SMILES string of the molecule is C#CCCCOc1nc(N2CCOCC2)cc(-n2ccc(C3C=CC=C(C)C3)n2)n1. The van der Waals surface area contributed by atoms with Crippen LogP contribution in [0.5, 0.6) is 6.01 Å². The Kier molecular flexibility index (Phi) is 6.45. The zero-order chi connectivity index (χ0) is 20.8. The van der Waals surface area contributed by atoms with Crippen molar-refractivity contribution >= 4 is 5.82 Å². The number of aromatic nitrogens is 4. The Labute approximate surface area is 177 Å². The smallest absolute Gasteiger partial charge is 0.320 e. The van der Waals surface area contributed by atoms with Gasteiger partial charge in [0.15, 0.2) is 5.82 Å². The quantitative estimate of drug-likeness (QED) is 0.520. The lowest BCUT2D eigenvalue weighted by molar-refractivity contribution is 0.122. The topological polar surface area (TPSA) is 65.3 Å². The van der Waals surface area contributed by atoms with Gasteiger partial charge in [0.05, 0.1) is 25.5 Å². The van der Waals surface area contributed by atoms with Crippen molar-refractivity contribution in [2.75, 3.05) is 37.8 Å². The average Bonchev–Trinajstić information content (AvgIpc) is 3.28. The molecule has 1 fully saturated rings. The van der Waals surface area contributed by atoms with Gasteiger partial charge in [-0.3, -0.25) is 0 Å². The molecule has 2 aromatic heterocycles. The summed E-state index contributed by atoms with van der Waals surface area (Å²) in [6, 6.07) is 4.36. The molecular weight excluding hydrogens is 378 g/mol. The summed E-state index contributed by atoms with van der Waals surface area (Å²) < 4.78 is 13.1. The predicted octanol–water partition coefficient (Wildman–Crippen LogP) is 3.28. The normalized spacial score (nSPS) is 18.7. The molecule has 1 saturated heterocycles. The maximum atomic E-state index is 5.80. The van der Waals surface area contributed by atoms with E-state index < -0.39 is 0 Å². The third-order valence-electron chi connectivity index (χ3n) is 5.20. The molecule has 3 heterocycles. The number of morpholine rings is 1. The summed E-state index contributed by atoms with van der Waals surface area (Å²) >= 11 is 0. The molecule has 1 unspecified atom stereocenters. The lowest BCUT2D eigenvalue weighted by Crippen LogP contribution is -2.37. The average molecular weight is 406 g/mol. The number of ether oxygens (including phenoxy) is 2. The molecule has 4 rings (SSSR count). The number of rotatable bonds is 7. The highest BCUT2D eigenvalue weighted by Gasteiger charge is 2.18. The highest BCUT2D eigenvalue weighted by molar-refractivity contribution is 5.45. The van der Waals surface area contributed by atoms with E-state index in [2.05, 4.69) is 52.0 Å². The number of anilines is 1. The Morgan fingerprint density at radius 2 is 2.10 bits per heavy atom. The molecule has 0 N–H and O–H groups in total. The first-order valence-electron chi connectivity index (χ1n) is 10.4. The second-order valence-electron chi connectivity index (χ2n) is 7.52. The van der Waals surface area contributed by atoms with Crippen molar-refractivity contribution in [3.05, 3.63) is 47.8 Å². The van der Waals surface area contributed by atoms with Crippen LogP contribution in [0.4, 0.5) is 5.82 Å². The maximum Gasteiger partial charge on any atom is 0.320 e. The minimum atomic E-state index is 0.288. The molecule has 7 heteroatoms. The Balaban J connectivity index is 1.58. The first-order valence-corrected chi connectivity index (χ1v) is 10.4. The molecule has 0 spiro atoms. The van der Waals surface area contributed by atoms with E-state index in [0.717, 1.165) is 37.4 Å². The lowest BCUT2D eigenvalue weighted by atomic mass is 9.93. The van der Waals surface area contributed by atoms with E-state index in [1.807, 2.05) is 12.3 Å². The first-order chi connectivity index (χ1) is 14.7. The van der Waals surface area contributed by atoms with Gasteiger partial charge in [0, 0.05) is 37.7 Å². The highest BCUT2D eigenvalue weighted by Crippen LogP contribution is 2.28. The molecule has 1 atom stereocenters. The second kappa shape index (κ2) is 9.59. The van der Waals surface area contributed by atoms with Crippen molar-refractivity contribution in [2.24, 2.45) is 0 Å². The van der Waals surface area contributed by atoms with Crippen LogP contribution in [0.1, 0.15) is 37.8 Å². The van der Waals surface area contributed by atoms with Gasteiger partial charge < -0.3 is 14.4 Å². The van der Waals surface area contributed by atoms with Crippen LogP contribution in [0.25, 0.3) is 5.82 Å². The van der Waals surface area contributed by atoms with Gasteiger partial charge in [-0.15, -0.1) is 12.3 Å². The van der Waals surface area contributed by atoms with Crippen molar-refractivity contribution in [2.45, 2.75) is 32.1 Å². The fourth-order valence-electron chi connectivity index (χ4n) is 3.58. The van der Waals surface area contributed by atoms with Gasteiger partial charge in [0.1, 0.15) is 5.82 Å². The number of terminal acetylenes is 1. The molecule has 0 aromatic carbocycles. The fourth-order valence-corrected chi connectivity index (χ4v) is 3.58. The molecule has 0 amide bonds. The largest absolute Gasteiger partial charge is 0.463 e. The van der Waals surface area contributed by atoms with Crippen molar-refractivity contribution in [3.63, 3.8) is 0 Å². The van der Waals surface area contributed by atoms with Crippen LogP contribution in [0.15, 0.2) is 42.1 Å². The van der Waals surface area contributed by atoms with Crippen LogP contribution in [0, 0.1) is 12.3 Å². The Morgan fingerprint density at radius 1 is 1.27 bits per heavy atom. The molecule has 0 bridgehead atoms. The van der Waals surface area contributed by atoms with Crippen molar-refractivity contribution in [1.29, 1.82) is 0 Å². The van der Waals surface area contributed by atoms with Gasteiger partial charge in [0.25, 0.3) is 0 Å². The minimum Gasteiger partial charge on any atom is -0.463 e. The van der Waals surface area contributed by atoms with E-state index in [-0.39, 0.29) is 5.92 Å². The van der Waals surface area contributed by atoms with Gasteiger partial charge in [-0.25, -0.2) is 4.68 Å². The summed E-state index contributed by atoms with van der Waals surface area (Å²) in [6.45, 7) is 5.58. The summed E-state index contributed by atoms with van der Waals surface area (Å²) in [4.78, 5) is 11.4. The number of nitrogens with zero attached hydrogens (tertiary/aromatic N) is 5. The molecule has 7 nitrogen and oxygen atoms in total. The zero-order valence-electron chi connectivity index (χ0n) is 17.3. The zero-order valence-corrected chi connectivity index (χ0v) is 17.3. The van der Waals surface area contributed by atoms with E-state index in [9.17, 15) is 0 Å². The highest BCUT2D eigenvalue weighted by atomic mass is 16.5. The number of hydrogen-bond acceptors (Lipinski definition) is 6. The van der Waals surface area contributed by atoms with E-state index in [1.165, 1.54) is 5.57 Å². The van der Waals surface area contributed by atoms with Gasteiger partial charge in [-0.1, -0.05) is 23.8 Å². The van der Waals surface area contributed by atoms with E-state index in [1.54, 1.807) is 4.68 Å². The lowest BCUT2D eigenvalue weighted by Gasteiger charge is -2.28. The molecule has 156 valence electrons. The Morgan fingerprint density at radius 3 is 2.90 bits per heavy atom. The third kappa shape index (κ3) is 4.89. The molecule has 2 aliphatic rings. The van der Waals surface area contributed by atoms with Crippen molar-refractivity contribution in [3.8, 4) is 24.2 Å². The Hall–Kier alpha value is -3.11. The van der Waals surface area contributed by atoms with E-state index in [0.29, 0.717) is 38.1 Å². The number of allylic oxidation sites excluding steroid dienone is 4. The van der Waals surface area contributed by atoms with Gasteiger partial charge >= 0.3 is 6.01 Å². The molecule has 0 saturated carbocycles. The minimum absolute atomic E-state index is 0.288. The van der Waals surface area contributed by atoms with Crippen LogP contribution in [-0.4, -0.2) is 52.7 Å². The van der Waals surface area contributed by atoms with E-state index in [4.69, 9.17) is 21.0 Å². The molecular formula is C23H27N5O2. The molecule has 2 aromatic rings. The maximum absolute atomic E-state index is 5.80. The van der Waals surface area contributed by atoms with Crippen LogP contribution in [-0.2, 0) is 4.74 Å². The van der Waals surface area contributed by atoms with Crippen molar-refractivity contribution < 1.29 is 9.47 Å². The molecule has 0 radical (unpaired) electrons. The van der Waals surface area contributed by atoms with Crippen LogP contribution in [0.2, 0.25) is 0 Å². The summed E-state index contributed by atoms with van der Waals surface area (Å²) in [7, 11) is 0. The fraction of sp³-hybridized carbons (Fsp3) is 0.435. The third-order valence-corrected chi connectivity index (χ3v) is 5.20. The molecule has 1 aliphatic heterocycles. The van der Waals surface area contributed by atoms with E-state index >= 15 is 0 Å². The van der Waals surface area contributed by atoms with Gasteiger partial charge in [0.2, 0.25) is 0 Å². The van der Waals surface area contributed by atoms with Crippen LogP contribution < -0.4 is 9.64 Å². The van der Waals surface area contributed by atoms with Gasteiger partial charge in [-0.05, 0) is 25.8 Å². The molecule has 1 aliphatic carbocycles. The first kappa shape index (κ1) is 20.2. The molecule has 30 heavy (non-hydrogen) atoms. The standard InChI is InChI=1S/C23H27N5O2/c1-3-4-5-13-30-23-24-21(27-11-14-29-15-12-27)17-22(25-23)28-10-9-20(26-28)19-8-6-7-18(2)16-19/h1,6-10,17,19H,4-5,11-16H2,2H3. The van der Waals surface area contributed by atoms with Crippen molar-refractivity contribution in [1.82, 2.24) is 19.7 Å². The predicted molar refractivity (Wildman–Crippen MR) is 116 cm³/mol. The summed E-state index contributed by atoms with van der Waals surface area (Å²) in [6.07, 6.45) is 16.1. The number of hydrogen-bond donors (Lipinski definition) is 0. The Bertz CT molecular complexity index is 966. The van der Waals surface area contributed by atoms with Crippen LogP contribution >= 0.6 is 0 Å². The summed E-state index contributed by atoms with van der Waals surface area (Å²) in [5.74, 6) is 4.43. The van der Waals surface area contributed by atoms with Crippen LogP contribution in [0.3, 0.4) is 0 Å². The summed E-state index contributed by atoms with van der Waals surface area (Å²) in [5, 5.41) is 4.80. The number of unbranched alkanes of at least 4 members (excludes halogenated alkanes) is 1. The van der Waals surface area contributed by atoms with Gasteiger partial charge in [-0.2, -0.15) is 15.1 Å². The summed E-state index contributed by atoms with van der Waals surface area (Å²) in [5.41, 5.74) is 2.39. The monoisotopic (exact) mass is 405 g/mol. The second-order valence-corrected chi connectivity index (χ2v) is 7.52.